The average Bonchev–Trinajstić information content (AvgIpc) is 2.51. The molecule has 0 atom stereocenters. The molecule has 0 radical (unpaired) electrons. The van der Waals surface area contributed by atoms with Crippen LogP contribution in [0.1, 0.15) is 25.7 Å². The quantitative estimate of drug-likeness (QED) is 0.834. The first-order chi connectivity index (χ1) is 10.3. The van der Waals surface area contributed by atoms with E-state index < -0.39 is 0 Å². The van der Waals surface area contributed by atoms with Crippen LogP contribution < -0.4 is 9.47 Å². The van der Waals surface area contributed by atoms with E-state index in [1.165, 1.54) is 25.7 Å². The van der Waals surface area contributed by atoms with Crippen molar-refractivity contribution in [2.75, 3.05) is 27.3 Å². The van der Waals surface area contributed by atoms with Gasteiger partial charge in [-0.1, -0.05) is 12.1 Å². The van der Waals surface area contributed by atoms with E-state index in [1.807, 2.05) is 31.4 Å². The van der Waals surface area contributed by atoms with Crippen LogP contribution in [-0.2, 0) is 4.74 Å². The summed E-state index contributed by atoms with van der Waals surface area (Å²) in [5.41, 5.74) is 0. The van der Waals surface area contributed by atoms with Gasteiger partial charge in [0.2, 0.25) is 0 Å². The van der Waals surface area contributed by atoms with Crippen molar-refractivity contribution in [2.45, 2.75) is 43.9 Å². The highest BCUT2D eigenvalue weighted by molar-refractivity contribution is 5.39. The van der Waals surface area contributed by atoms with Gasteiger partial charge in [0.05, 0.1) is 13.2 Å². The van der Waals surface area contributed by atoms with E-state index in [0.29, 0.717) is 18.2 Å². The molecule has 4 nitrogen and oxygen atoms in total. The van der Waals surface area contributed by atoms with Crippen molar-refractivity contribution in [3.8, 4) is 11.5 Å². The van der Waals surface area contributed by atoms with Crippen LogP contribution in [0.3, 0.4) is 0 Å². The van der Waals surface area contributed by atoms with Gasteiger partial charge in [0.25, 0.3) is 0 Å². The van der Waals surface area contributed by atoms with Gasteiger partial charge in [-0.15, -0.1) is 0 Å². The zero-order valence-corrected chi connectivity index (χ0v) is 13.0. The third-order valence-corrected chi connectivity index (χ3v) is 4.73. The van der Waals surface area contributed by atoms with Crippen molar-refractivity contribution in [3.05, 3.63) is 24.3 Å². The fourth-order valence-electron chi connectivity index (χ4n) is 3.38. The first kappa shape index (κ1) is 14.7. The topological polar surface area (TPSA) is 30.9 Å². The smallest absolute Gasteiger partial charge is 0.161 e. The Hall–Kier alpha value is -1.26. The second-order valence-corrected chi connectivity index (χ2v) is 6.01. The van der Waals surface area contributed by atoms with Crippen LogP contribution >= 0.6 is 0 Å². The Morgan fingerprint density at radius 1 is 0.905 bits per heavy atom. The molecule has 1 aromatic carbocycles. The lowest BCUT2D eigenvalue weighted by Gasteiger charge is -2.46. The summed E-state index contributed by atoms with van der Waals surface area (Å²) >= 11 is 0. The third-order valence-electron chi connectivity index (χ3n) is 4.73. The Morgan fingerprint density at radius 3 is 2.19 bits per heavy atom. The third kappa shape index (κ3) is 3.33. The first-order valence-electron chi connectivity index (χ1n) is 7.86. The van der Waals surface area contributed by atoms with Gasteiger partial charge in [-0.2, -0.15) is 0 Å². The van der Waals surface area contributed by atoms with Crippen LogP contribution in [0.5, 0.6) is 11.5 Å². The molecule has 2 fully saturated rings. The summed E-state index contributed by atoms with van der Waals surface area (Å²) in [5, 5.41) is 0. The number of rotatable bonds is 5. The lowest BCUT2D eigenvalue weighted by Crippen LogP contribution is -2.58. The molecule has 1 saturated carbocycles. The second-order valence-electron chi connectivity index (χ2n) is 6.01. The molecule has 0 unspecified atom stereocenters. The normalized spacial score (nSPS) is 27.1. The molecule has 0 amide bonds. The molecule has 3 rings (SSSR count). The van der Waals surface area contributed by atoms with E-state index in [2.05, 4.69) is 4.90 Å². The maximum absolute atomic E-state index is 6.04. The largest absolute Gasteiger partial charge is 0.493 e. The summed E-state index contributed by atoms with van der Waals surface area (Å²) in [6, 6.07) is 8.59. The Kier molecular flexibility index (Phi) is 4.66. The fourth-order valence-corrected chi connectivity index (χ4v) is 3.38. The van der Waals surface area contributed by atoms with E-state index in [-0.39, 0.29) is 0 Å². The summed E-state index contributed by atoms with van der Waals surface area (Å²) in [7, 11) is 3.51. The van der Waals surface area contributed by atoms with Crippen molar-refractivity contribution in [1.82, 2.24) is 4.90 Å². The lowest BCUT2D eigenvalue weighted by atomic mass is 9.90. The highest BCUT2D eigenvalue weighted by atomic mass is 16.5. The molecule has 1 saturated heterocycles. The van der Waals surface area contributed by atoms with Crippen molar-refractivity contribution in [2.24, 2.45) is 0 Å². The zero-order valence-electron chi connectivity index (χ0n) is 13.0. The highest BCUT2D eigenvalue weighted by Crippen LogP contribution is 2.32. The predicted molar refractivity (Wildman–Crippen MR) is 82.0 cm³/mol. The highest BCUT2D eigenvalue weighted by Gasteiger charge is 2.36. The van der Waals surface area contributed by atoms with E-state index in [9.17, 15) is 0 Å². The van der Waals surface area contributed by atoms with Gasteiger partial charge in [-0.25, -0.2) is 0 Å². The van der Waals surface area contributed by atoms with Gasteiger partial charge in [-0.3, -0.25) is 4.90 Å². The molecule has 0 N–H and O–H groups in total. The van der Waals surface area contributed by atoms with E-state index in [0.717, 1.165) is 24.6 Å². The van der Waals surface area contributed by atoms with E-state index in [1.54, 1.807) is 7.11 Å². The van der Waals surface area contributed by atoms with Crippen molar-refractivity contribution in [3.63, 3.8) is 0 Å². The van der Waals surface area contributed by atoms with E-state index in [4.69, 9.17) is 14.2 Å². The summed E-state index contributed by atoms with van der Waals surface area (Å²) in [4.78, 5) is 2.55. The number of ether oxygens (including phenoxy) is 3. The molecule has 0 aromatic heterocycles. The molecular formula is C17H25NO3. The van der Waals surface area contributed by atoms with Crippen LogP contribution in [0.4, 0.5) is 0 Å². The molecule has 4 heteroatoms. The van der Waals surface area contributed by atoms with Crippen molar-refractivity contribution >= 4 is 0 Å². The second kappa shape index (κ2) is 6.67. The monoisotopic (exact) mass is 291 g/mol. The molecule has 1 heterocycles. The molecule has 2 aliphatic rings. The van der Waals surface area contributed by atoms with Gasteiger partial charge in [0, 0.05) is 26.2 Å². The predicted octanol–water partition coefficient (Wildman–Crippen LogP) is 2.72. The van der Waals surface area contributed by atoms with Crippen molar-refractivity contribution in [1.29, 1.82) is 0 Å². The van der Waals surface area contributed by atoms with Crippen LogP contribution in [0.2, 0.25) is 0 Å². The van der Waals surface area contributed by atoms with Crippen LogP contribution in [0, 0.1) is 0 Å². The number of likely N-dealkylation sites (tertiary alicyclic amines) is 1. The Morgan fingerprint density at radius 2 is 1.57 bits per heavy atom. The SMILES string of the molecule is COc1ccccc1OC1CN(C2CCC(OC)CC2)C1. The molecule has 116 valence electrons. The summed E-state index contributed by atoms with van der Waals surface area (Å²) in [5.74, 6) is 1.67. The van der Waals surface area contributed by atoms with Gasteiger partial charge in [-0.05, 0) is 37.8 Å². The number of nitrogens with zero attached hydrogens (tertiary/aromatic N) is 1. The van der Waals surface area contributed by atoms with Gasteiger partial charge in [0.15, 0.2) is 11.5 Å². The number of methoxy groups -OCH3 is 2. The molecule has 1 aromatic rings. The van der Waals surface area contributed by atoms with Gasteiger partial charge >= 0.3 is 0 Å². The van der Waals surface area contributed by atoms with Crippen molar-refractivity contribution < 1.29 is 14.2 Å². The van der Waals surface area contributed by atoms with Crippen LogP contribution in [-0.4, -0.2) is 50.5 Å². The summed E-state index contributed by atoms with van der Waals surface area (Å²) in [6.07, 6.45) is 5.65. The van der Waals surface area contributed by atoms with Gasteiger partial charge in [0.1, 0.15) is 6.10 Å². The average molecular weight is 291 g/mol. The molecule has 1 aliphatic heterocycles. The maximum Gasteiger partial charge on any atom is 0.161 e. The standard InChI is InChI=1S/C17H25NO3/c1-19-14-9-7-13(8-10-14)18-11-15(12-18)21-17-6-4-3-5-16(17)20-2/h3-6,13-15H,7-12H2,1-2H3. The number of hydrogen-bond donors (Lipinski definition) is 0. The molecule has 0 bridgehead atoms. The van der Waals surface area contributed by atoms with Crippen LogP contribution in [0.15, 0.2) is 24.3 Å². The minimum Gasteiger partial charge on any atom is -0.493 e. The molecule has 1 aliphatic carbocycles. The molecular weight excluding hydrogens is 266 g/mol. The summed E-state index contributed by atoms with van der Waals surface area (Å²) < 4.78 is 16.8. The first-order valence-corrected chi connectivity index (χ1v) is 7.86. The summed E-state index contributed by atoms with van der Waals surface area (Å²) in [6.45, 7) is 2.06. The Bertz CT molecular complexity index is 451. The number of benzene rings is 1. The zero-order chi connectivity index (χ0) is 14.7. The maximum atomic E-state index is 6.04. The van der Waals surface area contributed by atoms with Gasteiger partial charge < -0.3 is 14.2 Å². The number of hydrogen-bond acceptors (Lipinski definition) is 4. The minimum absolute atomic E-state index is 0.293. The minimum atomic E-state index is 0.293. The lowest BCUT2D eigenvalue weighted by molar-refractivity contribution is -0.0363. The Labute approximate surface area is 127 Å². The van der Waals surface area contributed by atoms with Crippen LogP contribution in [0.25, 0.3) is 0 Å². The number of para-hydroxylation sites is 2. The fraction of sp³-hybridized carbons (Fsp3) is 0.647. The Balaban J connectivity index is 1.46. The van der Waals surface area contributed by atoms with E-state index >= 15 is 0 Å². The molecule has 0 spiro atoms. The molecule has 21 heavy (non-hydrogen) atoms.